The number of H-pyrrole nitrogens is 1. The Morgan fingerprint density at radius 2 is 2.00 bits per heavy atom. The molecule has 3 rings (SSSR count). The number of rotatable bonds is 7. The third-order valence-corrected chi connectivity index (χ3v) is 4.99. The lowest BCUT2D eigenvalue weighted by atomic mass is 9.98. The molecule has 148 valence electrons. The maximum Gasteiger partial charge on any atom is 0.267 e. The van der Waals surface area contributed by atoms with Crippen LogP contribution >= 0.6 is 0 Å². The second-order valence-corrected chi connectivity index (χ2v) is 7.38. The number of nitriles is 1. The molecule has 0 aliphatic rings. The van der Waals surface area contributed by atoms with E-state index >= 15 is 0 Å². The Hall–Kier alpha value is -3.52. The zero-order valence-corrected chi connectivity index (χ0v) is 17.0. The van der Waals surface area contributed by atoms with E-state index in [2.05, 4.69) is 35.5 Å². The fourth-order valence-electron chi connectivity index (χ4n) is 3.39. The highest BCUT2D eigenvalue weighted by Crippen LogP contribution is 2.27. The molecule has 0 aliphatic heterocycles. The van der Waals surface area contributed by atoms with Crippen LogP contribution in [-0.4, -0.2) is 17.4 Å². The summed E-state index contributed by atoms with van der Waals surface area (Å²) in [5.41, 5.74) is 5.19. The third kappa shape index (κ3) is 4.67. The highest BCUT2D eigenvalue weighted by atomic mass is 16.1. The summed E-state index contributed by atoms with van der Waals surface area (Å²) in [5.74, 6) is -0.127. The van der Waals surface area contributed by atoms with Crippen LogP contribution < -0.4 is 10.6 Å². The van der Waals surface area contributed by atoms with Gasteiger partial charge >= 0.3 is 0 Å². The first-order valence-electron chi connectivity index (χ1n) is 9.80. The van der Waals surface area contributed by atoms with Crippen LogP contribution in [0.15, 0.2) is 60.4 Å². The number of nitrogens with zero attached hydrogens (tertiary/aromatic N) is 1. The lowest BCUT2D eigenvalue weighted by molar-refractivity contribution is -0.112. The summed E-state index contributed by atoms with van der Waals surface area (Å²) < 4.78 is 0. The topological polar surface area (TPSA) is 80.7 Å². The van der Waals surface area contributed by atoms with Crippen LogP contribution in [0.3, 0.4) is 0 Å². The van der Waals surface area contributed by atoms with Gasteiger partial charge in [0.15, 0.2) is 0 Å². The molecule has 0 radical (unpaired) electrons. The number of fused-ring (bicyclic) bond motifs is 1. The van der Waals surface area contributed by atoms with Gasteiger partial charge in [-0.2, -0.15) is 5.26 Å². The van der Waals surface area contributed by atoms with E-state index in [4.69, 9.17) is 0 Å². The Morgan fingerprint density at radius 1 is 1.21 bits per heavy atom. The van der Waals surface area contributed by atoms with Crippen molar-refractivity contribution in [2.75, 3.05) is 11.9 Å². The summed E-state index contributed by atoms with van der Waals surface area (Å²) in [6.45, 7) is 6.74. The van der Waals surface area contributed by atoms with Crippen molar-refractivity contribution in [3.05, 3.63) is 77.1 Å². The number of carbonyl (C=O) groups is 1. The number of benzene rings is 2. The van der Waals surface area contributed by atoms with Gasteiger partial charge in [0.25, 0.3) is 5.91 Å². The Bertz CT molecular complexity index is 1090. The van der Waals surface area contributed by atoms with Crippen molar-refractivity contribution in [2.45, 2.75) is 33.1 Å². The number of hydrogen-bond acceptors (Lipinski definition) is 3. The summed E-state index contributed by atoms with van der Waals surface area (Å²) >= 11 is 0. The molecule has 0 saturated carbocycles. The number of hydrogen-bond donors (Lipinski definition) is 3. The molecule has 1 heterocycles. The Labute approximate surface area is 171 Å². The maximum absolute atomic E-state index is 12.6. The van der Waals surface area contributed by atoms with Crippen LogP contribution in [0, 0.1) is 18.3 Å². The van der Waals surface area contributed by atoms with Gasteiger partial charge in [0.1, 0.15) is 11.6 Å². The molecule has 1 aromatic heterocycles. The standard InChI is InChI=1S/C24H26N4O/c1-16(2)20-9-6-7-17(3)23(20)28-24(29)19(13-25)14-26-12-11-18-15-27-22-10-5-4-8-21(18)22/h4-10,14-16,26-27H,11-12H2,1-3H3,(H,28,29)/b19-14-. The van der Waals surface area contributed by atoms with E-state index in [1.165, 1.54) is 17.1 Å². The van der Waals surface area contributed by atoms with Crippen molar-refractivity contribution in [1.29, 1.82) is 5.26 Å². The zero-order chi connectivity index (χ0) is 20.8. The molecule has 1 amide bonds. The lowest BCUT2D eigenvalue weighted by Crippen LogP contribution is -2.19. The number of nitrogens with one attached hydrogen (secondary N) is 3. The smallest absolute Gasteiger partial charge is 0.267 e. The van der Waals surface area contributed by atoms with Crippen LogP contribution in [-0.2, 0) is 11.2 Å². The number of anilines is 1. The number of aromatic amines is 1. The van der Waals surface area contributed by atoms with Crippen molar-refractivity contribution >= 4 is 22.5 Å². The molecule has 3 aromatic rings. The first-order valence-corrected chi connectivity index (χ1v) is 9.80. The maximum atomic E-state index is 12.6. The Kier molecular flexibility index (Phi) is 6.36. The van der Waals surface area contributed by atoms with Gasteiger partial charge in [-0.1, -0.05) is 50.2 Å². The van der Waals surface area contributed by atoms with Crippen LogP contribution in [0.25, 0.3) is 10.9 Å². The molecule has 2 aromatic carbocycles. The first kappa shape index (κ1) is 20.2. The average Bonchev–Trinajstić information content (AvgIpc) is 3.12. The summed E-state index contributed by atoms with van der Waals surface area (Å²) in [7, 11) is 0. The predicted octanol–water partition coefficient (Wildman–Crippen LogP) is 4.78. The molecule has 0 unspecified atom stereocenters. The molecule has 29 heavy (non-hydrogen) atoms. The molecule has 0 bridgehead atoms. The minimum atomic E-state index is -0.400. The molecule has 0 aliphatic carbocycles. The van der Waals surface area contributed by atoms with Crippen molar-refractivity contribution in [3.63, 3.8) is 0 Å². The normalized spacial score (nSPS) is 11.5. The molecule has 0 atom stereocenters. The summed E-state index contributed by atoms with van der Waals surface area (Å²) in [5, 5.41) is 16.6. The average molecular weight is 386 g/mol. The van der Waals surface area contributed by atoms with Crippen LogP contribution in [0.2, 0.25) is 0 Å². The van der Waals surface area contributed by atoms with Crippen molar-refractivity contribution in [2.24, 2.45) is 0 Å². The van der Waals surface area contributed by atoms with E-state index in [1.807, 2.05) is 55.6 Å². The number of aromatic nitrogens is 1. The van der Waals surface area contributed by atoms with Gasteiger partial charge in [-0.05, 0) is 42.0 Å². The van der Waals surface area contributed by atoms with E-state index in [0.29, 0.717) is 6.54 Å². The molecule has 5 heteroatoms. The van der Waals surface area contributed by atoms with E-state index in [1.54, 1.807) is 0 Å². The second kappa shape index (κ2) is 9.11. The van der Waals surface area contributed by atoms with E-state index in [9.17, 15) is 10.1 Å². The summed E-state index contributed by atoms with van der Waals surface area (Å²) in [6.07, 6.45) is 4.28. The largest absolute Gasteiger partial charge is 0.389 e. The van der Waals surface area contributed by atoms with E-state index in [0.717, 1.165) is 28.8 Å². The van der Waals surface area contributed by atoms with Gasteiger partial charge in [0.05, 0.1) is 0 Å². The van der Waals surface area contributed by atoms with Crippen LogP contribution in [0.4, 0.5) is 5.69 Å². The van der Waals surface area contributed by atoms with E-state index < -0.39 is 5.91 Å². The summed E-state index contributed by atoms with van der Waals surface area (Å²) in [4.78, 5) is 15.9. The monoisotopic (exact) mass is 386 g/mol. The number of aryl methyl sites for hydroxylation is 1. The lowest BCUT2D eigenvalue weighted by Gasteiger charge is -2.16. The van der Waals surface area contributed by atoms with Gasteiger partial charge in [-0.25, -0.2) is 0 Å². The molecule has 0 spiro atoms. The van der Waals surface area contributed by atoms with Gasteiger partial charge in [-0.3, -0.25) is 4.79 Å². The fraction of sp³-hybridized carbons (Fsp3) is 0.250. The minimum Gasteiger partial charge on any atom is -0.389 e. The second-order valence-electron chi connectivity index (χ2n) is 7.38. The number of amides is 1. The van der Waals surface area contributed by atoms with E-state index in [-0.39, 0.29) is 11.5 Å². The predicted molar refractivity (Wildman–Crippen MR) is 118 cm³/mol. The number of carbonyl (C=O) groups excluding carboxylic acids is 1. The molecule has 5 nitrogen and oxygen atoms in total. The van der Waals surface area contributed by atoms with Gasteiger partial charge in [0.2, 0.25) is 0 Å². The van der Waals surface area contributed by atoms with Gasteiger partial charge < -0.3 is 15.6 Å². The van der Waals surface area contributed by atoms with Crippen molar-refractivity contribution in [3.8, 4) is 6.07 Å². The Balaban J connectivity index is 1.64. The minimum absolute atomic E-state index is 0.0573. The molecule has 0 fully saturated rings. The summed E-state index contributed by atoms with van der Waals surface area (Å²) in [6, 6.07) is 16.1. The van der Waals surface area contributed by atoms with Gasteiger partial charge in [0, 0.05) is 35.5 Å². The van der Waals surface area contributed by atoms with Crippen LogP contribution in [0.1, 0.15) is 36.5 Å². The fourth-order valence-corrected chi connectivity index (χ4v) is 3.39. The SMILES string of the molecule is Cc1cccc(C(C)C)c1NC(=O)/C(C#N)=C\NCCc1c[nH]c2ccccc12. The quantitative estimate of drug-likeness (QED) is 0.311. The molecule has 0 saturated heterocycles. The van der Waals surface area contributed by atoms with Crippen LogP contribution in [0.5, 0.6) is 0 Å². The van der Waals surface area contributed by atoms with Crippen molar-refractivity contribution < 1.29 is 4.79 Å². The highest BCUT2D eigenvalue weighted by molar-refractivity contribution is 6.07. The first-order chi connectivity index (χ1) is 14.0. The Morgan fingerprint density at radius 3 is 2.76 bits per heavy atom. The highest BCUT2D eigenvalue weighted by Gasteiger charge is 2.15. The molecular formula is C24H26N4O. The van der Waals surface area contributed by atoms with Crippen molar-refractivity contribution in [1.82, 2.24) is 10.3 Å². The molecular weight excluding hydrogens is 360 g/mol. The van der Waals surface area contributed by atoms with Gasteiger partial charge in [-0.15, -0.1) is 0 Å². The third-order valence-electron chi connectivity index (χ3n) is 4.99. The molecule has 3 N–H and O–H groups in total. The number of para-hydroxylation sites is 2. The zero-order valence-electron chi connectivity index (χ0n) is 17.0.